The zero-order chi connectivity index (χ0) is 21.1. The van der Waals surface area contributed by atoms with E-state index in [0.717, 1.165) is 38.2 Å². The Hall–Kier alpha value is -3.36. The molecule has 8 heteroatoms. The number of carbonyl (C=O) groups is 1. The highest BCUT2D eigenvalue weighted by Gasteiger charge is 2.15. The summed E-state index contributed by atoms with van der Waals surface area (Å²) in [5, 5.41) is 15.9. The van der Waals surface area contributed by atoms with E-state index < -0.39 is 6.10 Å². The van der Waals surface area contributed by atoms with E-state index in [9.17, 15) is 9.90 Å². The van der Waals surface area contributed by atoms with Crippen LogP contribution in [0, 0.1) is 0 Å². The van der Waals surface area contributed by atoms with Gasteiger partial charge in [0.05, 0.1) is 22.0 Å². The van der Waals surface area contributed by atoms with Gasteiger partial charge in [-0.1, -0.05) is 17.4 Å². The molecular weight excluding hydrogens is 398 g/mol. The van der Waals surface area contributed by atoms with Crippen LogP contribution in [0.2, 0.25) is 0 Å². The van der Waals surface area contributed by atoms with Crippen molar-refractivity contribution in [3.63, 3.8) is 0 Å². The molecule has 3 heterocycles. The van der Waals surface area contributed by atoms with Crippen molar-refractivity contribution in [2.45, 2.75) is 20.0 Å². The third-order valence-electron chi connectivity index (χ3n) is 4.56. The van der Waals surface area contributed by atoms with Gasteiger partial charge in [-0.2, -0.15) is 0 Å². The smallest absolute Gasteiger partial charge is 0.321 e. The molecule has 4 rings (SSSR count). The predicted octanol–water partition coefficient (Wildman–Crippen LogP) is 4.62. The number of thiazole rings is 1. The van der Waals surface area contributed by atoms with Crippen molar-refractivity contribution >= 4 is 32.7 Å². The van der Waals surface area contributed by atoms with Crippen molar-refractivity contribution in [2.75, 3.05) is 11.9 Å². The number of aliphatic hydroxyl groups excluding tert-OH is 1. The summed E-state index contributed by atoms with van der Waals surface area (Å²) >= 11 is 1.41. The second kappa shape index (κ2) is 8.56. The van der Waals surface area contributed by atoms with Crippen LogP contribution < -0.4 is 10.6 Å². The Morgan fingerprint density at radius 3 is 2.80 bits per heavy atom. The lowest BCUT2D eigenvalue weighted by atomic mass is 10.00. The number of nitrogens with one attached hydrogen (secondary N) is 2. The van der Waals surface area contributed by atoms with Crippen molar-refractivity contribution in [1.82, 2.24) is 20.3 Å². The number of carbonyl (C=O) groups excluding carboxylic acids is 1. The van der Waals surface area contributed by atoms with Gasteiger partial charge in [0.2, 0.25) is 0 Å². The molecule has 3 aromatic heterocycles. The average molecular weight is 420 g/mol. The summed E-state index contributed by atoms with van der Waals surface area (Å²) in [6, 6.07) is 11.4. The summed E-state index contributed by atoms with van der Waals surface area (Å²) in [4.78, 5) is 25.3. The molecule has 0 fully saturated rings. The van der Waals surface area contributed by atoms with Crippen LogP contribution in [-0.4, -0.2) is 32.6 Å². The standard InChI is InChI=1S/C22H21N5O2S/c1-3-24-21(29)27-22-26-19-10-14(16-8-15(13(2)28)11-23-12-16)9-17(20(19)30-22)18-6-4-5-7-25-18/h4-13,28H,3H2,1-2H3,(H2,24,26,27,29). The molecule has 0 saturated carbocycles. The molecule has 30 heavy (non-hydrogen) atoms. The zero-order valence-electron chi connectivity index (χ0n) is 16.6. The molecule has 0 aliphatic heterocycles. The van der Waals surface area contributed by atoms with Crippen LogP contribution in [0.1, 0.15) is 25.5 Å². The lowest BCUT2D eigenvalue weighted by molar-refractivity contribution is 0.199. The topological polar surface area (TPSA) is 100 Å². The number of amides is 2. The molecule has 2 amide bonds. The minimum absolute atomic E-state index is 0.287. The van der Waals surface area contributed by atoms with Crippen LogP contribution in [0.15, 0.2) is 55.0 Å². The van der Waals surface area contributed by atoms with Crippen LogP contribution in [0.5, 0.6) is 0 Å². The second-order valence-corrected chi connectivity index (χ2v) is 7.77. The number of nitrogens with zero attached hydrogens (tertiary/aromatic N) is 3. The number of hydrogen-bond donors (Lipinski definition) is 3. The fourth-order valence-corrected chi connectivity index (χ4v) is 4.07. The Labute approximate surface area is 177 Å². The maximum absolute atomic E-state index is 11.9. The molecule has 0 bridgehead atoms. The third kappa shape index (κ3) is 4.14. The minimum Gasteiger partial charge on any atom is -0.389 e. The monoisotopic (exact) mass is 419 g/mol. The number of urea groups is 1. The Morgan fingerprint density at radius 1 is 1.20 bits per heavy atom. The quantitative estimate of drug-likeness (QED) is 0.438. The van der Waals surface area contributed by atoms with Gasteiger partial charge in [0.25, 0.3) is 0 Å². The maximum atomic E-state index is 11.9. The van der Waals surface area contributed by atoms with Crippen LogP contribution in [-0.2, 0) is 0 Å². The van der Waals surface area contributed by atoms with E-state index >= 15 is 0 Å². The van der Waals surface area contributed by atoms with E-state index in [1.54, 1.807) is 25.5 Å². The van der Waals surface area contributed by atoms with Crippen molar-refractivity contribution in [3.8, 4) is 22.4 Å². The van der Waals surface area contributed by atoms with Gasteiger partial charge in [0.15, 0.2) is 5.13 Å². The normalized spacial score (nSPS) is 12.0. The summed E-state index contributed by atoms with van der Waals surface area (Å²) in [6.45, 7) is 4.11. The van der Waals surface area contributed by atoms with Crippen molar-refractivity contribution in [3.05, 3.63) is 60.6 Å². The molecule has 0 saturated heterocycles. The molecule has 1 unspecified atom stereocenters. The van der Waals surface area contributed by atoms with Gasteiger partial charge >= 0.3 is 6.03 Å². The number of rotatable bonds is 5. The van der Waals surface area contributed by atoms with Crippen molar-refractivity contribution < 1.29 is 9.90 Å². The molecule has 7 nitrogen and oxygen atoms in total. The van der Waals surface area contributed by atoms with Gasteiger partial charge in [-0.25, -0.2) is 9.78 Å². The van der Waals surface area contributed by atoms with E-state index in [-0.39, 0.29) is 6.03 Å². The number of hydrogen-bond acceptors (Lipinski definition) is 6. The number of benzene rings is 1. The molecule has 4 aromatic rings. The largest absolute Gasteiger partial charge is 0.389 e. The molecule has 0 spiro atoms. The highest BCUT2D eigenvalue weighted by molar-refractivity contribution is 7.22. The van der Waals surface area contributed by atoms with Crippen molar-refractivity contribution in [1.29, 1.82) is 0 Å². The van der Waals surface area contributed by atoms with E-state index in [1.165, 1.54) is 11.3 Å². The lowest BCUT2D eigenvalue weighted by Gasteiger charge is -2.09. The lowest BCUT2D eigenvalue weighted by Crippen LogP contribution is -2.28. The highest BCUT2D eigenvalue weighted by Crippen LogP contribution is 2.38. The number of aromatic nitrogens is 3. The fourth-order valence-electron chi connectivity index (χ4n) is 3.11. The number of pyridine rings is 2. The summed E-state index contributed by atoms with van der Waals surface area (Å²) in [6.07, 6.45) is 4.56. The first-order valence-electron chi connectivity index (χ1n) is 9.59. The van der Waals surface area contributed by atoms with Gasteiger partial charge < -0.3 is 10.4 Å². The molecule has 0 aliphatic rings. The first-order chi connectivity index (χ1) is 14.5. The van der Waals surface area contributed by atoms with Gasteiger partial charge in [-0.3, -0.25) is 15.3 Å². The van der Waals surface area contributed by atoms with E-state index in [2.05, 4.69) is 25.6 Å². The summed E-state index contributed by atoms with van der Waals surface area (Å²) < 4.78 is 0.934. The summed E-state index contributed by atoms with van der Waals surface area (Å²) in [5.74, 6) is 0. The summed E-state index contributed by atoms with van der Waals surface area (Å²) in [7, 11) is 0. The Morgan fingerprint density at radius 2 is 2.07 bits per heavy atom. The number of aliphatic hydroxyl groups is 1. The first-order valence-corrected chi connectivity index (χ1v) is 10.4. The Balaban J connectivity index is 1.86. The molecule has 152 valence electrons. The maximum Gasteiger partial charge on any atom is 0.321 e. The van der Waals surface area contributed by atoms with E-state index in [1.807, 2.05) is 43.3 Å². The SMILES string of the molecule is CCNC(=O)Nc1nc2cc(-c3cncc(C(C)O)c3)cc(-c3ccccn3)c2s1. The van der Waals surface area contributed by atoms with E-state index in [0.29, 0.717) is 11.7 Å². The first kappa shape index (κ1) is 19.9. The average Bonchev–Trinajstić information content (AvgIpc) is 3.16. The summed E-state index contributed by atoms with van der Waals surface area (Å²) in [5.41, 5.74) is 5.02. The minimum atomic E-state index is -0.608. The van der Waals surface area contributed by atoms with Crippen molar-refractivity contribution in [2.24, 2.45) is 0 Å². The van der Waals surface area contributed by atoms with Gasteiger partial charge in [0.1, 0.15) is 0 Å². The van der Waals surface area contributed by atoms with Gasteiger partial charge in [0, 0.05) is 36.3 Å². The van der Waals surface area contributed by atoms with Gasteiger partial charge in [-0.15, -0.1) is 0 Å². The Kier molecular flexibility index (Phi) is 5.69. The molecule has 0 radical (unpaired) electrons. The van der Waals surface area contributed by atoms with Crippen LogP contribution in [0.3, 0.4) is 0 Å². The second-order valence-electron chi connectivity index (χ2n) is 6.77. The predicted molar refractivity (Wildman–Crippen MR) is 119 cm³/mol. The van der Waals surface area contributed by atoms with Crippen LogP contribution >= 0.6 is 11.3 Å². The Bertz CT molecular complexity index is 1190. The molecule has 1 atom stereocenters. The zero-order valence-corrected chi connectivity index (χ0v) is 17.4. The van der Waals surface area contributed by atoms with E-state index in [4.69, 9.17) is 0 Å². The molecule has 0 aliphatic carbocycles. The highest BCUT2D eigenvalue weighted by atomic mass is 32.1. The third-order valence-corrected chi connectivity index (χ3v) is 5.58. The molecular formula is C22H21N5O2S. The van der Waals surface area contributed by atoms with Gasteiger partial charge in [-0.05, 0) is 55.3 Å². The van der Waals surface area contributed by atoms with Crippen LogP contribution in [0.4, 0.5) is 9.93 Å². The number of anilines is 1. The molecule has 3 N–H and O–H groups in total. The van der Waals surface area contributed by atoms with Crippen LogP contribution in [0.25, 0.3) is 32.6 Å². The fraction of sp³-hybridized carbons (Fsp3) is 0.182. The number of fused-ring (bicyclic) bond motifs is 1. The molecule has 1 aromatic carbocycles.